The lowest BCUT2D eigenvalue weighted by atomic mass is 10.2. The minimum absolute atomic E-state index is 0.164. The Labute approximate surface area is 103 Å². The van der Waals surface area contributed by atoms with Crippen molar-refractivity contribution in [2.45, 2.75) is 23.6 Å². The first-order valence-corrected chi connectivity index (χ1v) is 5.87. The normalized spacial score (nSPS) is 10.5. The number of nitrogens with zero attached hydrogens (tertiary/aromatic N) is 2. The van der Waals surface area contributed by atoms with Gasteiger partial charge in [0.1, 0.15) is 5.82 Å². The molecule has 3 nitrogen and oxygen atoms in total. The predicted octanol–water partition coefficient (Wildman–Crippen LogP) is 2.57. The number of halogens is 1. The number of hydrogen-bond donors (Lipinski definition) is 1. The van der Waals surface area contributed by atoms with Crippen molar-refractivity contribution in [1.82, 2.24) is 9.97 Å². The summed E-state index contributed by atoms with van der Waals surface area (Å²) in [7, 11) is 0. The summed E-state index contributed by atoms with van der Waals surface area (Å²) in [4.78, 5) is 8.69. The van der Waals surface area contributed by atoms with E-state index in [0.29, 0.717) is 15.6 Å². The van der Waals surface area contributed by atoms with Gasteiger partial charge in [-0.3, -0.25) is 0 Å². The molecule has 2 aromatic rings. The van der Waals surface area contributed by atoms with Crippen molar-refractivity contribution in [3.8, 4) is 0 Å². The van der Waals surface area contributed by atoms with Gasteiger partial charge in [0.05, 0.1) is 11.5 Å². The smallest absolute Gasteiger partial charge is 0.192 e. The Morgan fingerprint density at radius 3 is 2.82 bits per heavy atom. The van der Waals surface area contributed by atoms with E-state index in [-0.39, 0.29) is 12.4 Å². The zero-order valence-electron chi connectivity index (χ0n) is 9.22. The summed E-state index contributed by atoms with van der Waals surface area (Å²) in [6.45, 7) is 1.69. The van der Waals surface area contributed by atoms with Crippen LogP contribution in [0.5, 0.6) is 0 Å². The summed E-state index contributed by atoms with van der Waals surface area (Å²) in [5.41, 5.74) is 1.40. The summed E-state index contributed by atoms with van der Waals surface area (Å²) in [5.74, 6) is -0.369. The Morgan fingerprint density at radius 2 is 2.18 bits per heavy atom. The molecule has 17 heavy (non-hydrogen) atoms. The summed E-state index contributed by atoms with van der Waals surface area (Å²) >= 11 is 1.17. The van der Waals surface area contributed by atoms with Crippen molar-refractivity contribution >= 4 is 11.8 Å². The average molecular weight is 250 g/mol. The fourth-order valence-electron chi connectivity index (χ4n) is 1.30. The van der Waals surface area contributed by atoms with Gasteiger partial charge in [0.15, 0.2) is 5.16 Å². The standard InChI is InChI=1S/C12H11FN2OS/c1-8-4-5-14-12(15-8)17-11-3-2-9(7-16)6-10(11)13/h2-6,16H,7H2,1H3. The van der Waals surface area contributed by atoms with Gasteiger partial charge < -0.3 is 5.11 Å². The Bertz CT molecular complexity index is 534. The van der Waals surface area contributed by atoms with Crippen molar-refractivity contribution in [3.05, 3.63) is 47.5 Å². The summed E-state index contributed by atoms with van der Waals surface area (Å²) < 4.78 is 13.6. The number of benzene rings is 1. The molecule has 0 fully saturated rings. The molecule has 0 atom stereocenters. The Balaban J connectivity index is 2.24. The zero-order chi connectivity index (χ0) is 12.3. The number of aliphatic hydroxyl groups is 1. The van der Waals surface area contributed by atoms with Gasteiger partial charge in [-0.25, -0.2) is 14.4 Å². The Morgan fingerprint density at radius 1 is 1.35 bits per heavy atom. The number of hydrogen-bond acceptors (Lipinski definition) is 4. The van der Waals surface area contributed by atoms with E-state index < -0.39 is 0 Å². The van der Waals surface area contributed by atoms with Gasteiger partial charge in [-0.15, -0.1) is 0 Å². The SMILES string of the molecule is Cc1ccnc(Sc2ccc(CO)cc2F)n1. The fraction of sp³-hybridized carbons (Fsp3) is 0.167. The van der Waals surface area contributed by atoms with E-state index in [2.05, 4.69) is 9.97 Å². The maximum Gasteiger partial charge on any atom is 0.192 e. The molecule has 0 saturated heterocycles. The van der Waals surface area contributed by atoms with Crippen molar-refractivity contribution in [1.29, 1.82) is 0 Å². The molecule has 0 radical (unpaired) electrons. The van der Waals surface area contributed by atoms with Crippen LogP contribution >= 0.6 is 11.8 Å². The lowest BCUT2D eigenvalue weighted by molar-refractivity contribution is 0.281. The number of aryl methyl sites for hydroxylation is 1. The van der Waals surface area contributed by atoms with E-state index in [1.165, 1.54) is 17.8 Å². The van der Waals surface area contributed by atoms with Crippen LogP contribution in [0.25, 0.3) is 0 Å². The molecule has 5 heteroatoms. The molecule has 0 aliphatic rings. The largest absolute Gasteiger partial charge is 0.392 e. The minimum atomic E-state index is -0.369. The van der Waals surface area contributed by atoms with Crippen LogP contribution in [-0.2, 0) is 6.61 Å². The van der Waals surface area contributed by atoms with Crippen LogP contribution in [0.2, 0.25) is 0 Å². The third-order valence-corrected chi connectivity index (χ3v) is 3.08. The zero-order valence-corrected chi connectivity index (χ0v) is 10.0. The molecular weight excluding hydrogens is 239 g/mol. The third-order valence-electron chi connectivity index (χ3n) is 2.15. The fourth-order valence-corrected chi connectivity index (χ4v) is 2.09. The quantitative estimate of drug-likeness (QED) is 0.850. The molecule has 1 heterocycles. The summed E-state index contributed by atoms with van der Waals surface area (Å²) in [5, 5.41) is 9.40. The van der Waals surface area contributed by atoms with Crippen molar-refractivity contribution in [2.24, 2.45) is 0 Å². The highest BCUT2D eigenvalue weighted by Gasteiger charge is 2.07. The van der Waals surface area contributed by atoms with E-state index in [0.717, 1.165) is 5.69 Å². The van der Waals surface area contributed by atoms with Crippen LogP contribution in [0.3, 0.4) is 0 Å². The predicted molar refractivity (Wildman–Crippen MR) is 63.2 cm³/mol. The monoisotopic (exact) mass is 250 g/mol. The molecule has 0 spiro atoms. The number of rotatable bonds is 3. The van der Waals surface area contributed by atoms with E-state index in [1.54, 1.807) is 24.4 Å². The third kappa shape index (κ3) is 3.01. The second-order valence-corrected chi connectivity index (χ2v) is 4.51. The molecule has 0 bridgehead atoms. The highest BCUT2D eigenvalue weighted by molar-refractivity contribution is 7.99. The molecule has 0 aliphatic carbocycles. The van der Waals surface area contributed by atoms with Gasteiger partial charge in [-0.2, -0.15) is 0 Å². The first kappa shape index (κ1) is 12.0. The lowest BCUT2D eigenvalue weighted by Crippen LogP contribution is -1.91. The molecule has 1 aromatic carbocycles. The van der Waals surface area contributed by atoms with E-state index in [9.17, 15) is 4.39 Å². The molecule has 0 amide bonds. The van der Waals surface area contributed by atoms with Gasteiger partial charge in [0.2, 0.25) is 0 Å². The topological polar surface area (TPSA) is 46.0 Å². The van der Waals surface area contributed by atoms with Crippen LogP contribution in [0.15, 0.2) is 40.5 Å². The first-order chi connectivity index (χ1) is 8.19. The number of aliphatic hydroxyl groups excluding tert-OH is 1. The van der Waals surface area contributed by atoms with Gasteiger partial charge >= 0.3 is 0 Å². The lowest BCUT2D eigenvalue weighted by Gasteiger charge is -2.04. The molecule has 2 rings (SSSR count). The van der Waals surface area contributed by atoms with Crippen LogP contribution < -0.4 is 0 Å². The molecule has 0 aliphatic heterocycles. The van der Waals surface area contributed by atoms with Gasteiger partial charge in [0.25, 0.3) is 0 Å². The first-order valence-electron chi connectivity index (χ1n) is 5.06. The van der Waals surface area contributed by atoms with Gasteiger partial charge in [-0.05, 0) is 42.4 Å². The summed E-state index contributed by atoms with van der Waals surface area (Å²) in [6.07, 6.45) is 1.64. The van der Waals surface area contributed by atoms with Gasteiger partial charge in [-0.1, -0.05) is 6.07 Å². The van der Waals surface area contributed by atoms with Gasteiger partial charge in [0, 0.05) is 11.9 Å². The van der Waals surface area contributed by atoms with Crippen molar-refractivity contribution in [2.75, 3.05) is 0 Å². The van der Waals surface area contributed by atoms with Crippen LogP contribution in [-0.4, -0.2) is 15.1 Å². The Hall–Kier alpha value is -1.46. The second-order valence-electron chi connectivity index (χ2n) is 3.51. The molecule has 1 aromatic heterocycles. The maximum atomic E-state index is 13.6. The molecule has 0 unspecified atom stereocenters. The van der Waals surface area contributed by atoms with E-state index in [4.69, 9.17) is 5.11 Å². The second kappa shape index (κ2) is 5.25. The van der Waals surface area contributed by atoms with Crippen LogP contribution in [0.1, 0.15) is 11.3 Å². The molecule has 0 saturated carbocycles. The molecular formula is C12H11FN2OS. The van der Waals surface area contributed by atoms with Crippen LogP contribution in [0.4, 0.5) is 4.39 Å². The van der Waals surface area contributed by atoms with Crippen molar-refractivity contribution < 1.29 is 9.50 Å². The maximum absolute atomic E-state index is 13.6. The highest BCUT2D eigenvalue weighted by Crippen LogP contribution is 2.27. The van der Waals surface area contributed by atoms with E-state index in [1.807, 2.05) is 6.92 Å². The molecule has 1 N–H and O–H groups in total. The molecule has 88 valence electrons. The van der Waals surface area contributed by atoms with Crippen molar-refractivity contribution in [3.63, 3.8) is 0 Å². The highest BCUT2D eigenvalue weighted by atomic mass is 32.2. The van der Waals surface area contributed by atoms with Crippen LogP contribution in [0, 0.1) is 12.7 Å². The average Bonchev–Trinajstić information content (AvgIpc) is 2.32. The number of aromatic nitrogens is 2. The summed E-state index contributed by atoms with van der Waals surface area (Å²) in [6, 6.07) is 6.41. The minimum Gasteiger partial charge on any atom is -0.392 e. The Kier molecular flexibility index (Phi) is 3.71. The van der Waals surface area contributed by atoms with E-state index >= 15 is 0 Å².